The molecule has 1 atom stereocenters. The summed E-state index contributed by atoms with van der Waals surface area (Å²) in [6.45, 7) is 2.68. The molecule has 0 bridgehead atoms. The molecule has 1 aliphatic heterocycles. The summed E-state index contributed by atoms with van der Waals surface area (Å²) in [6, 6.07) is 17.4. The molecule has 1 amide bonds. The number of benzene rings is 2. The van der Waals surface area contributed by atoms with Crippen LogP contribution in [0.3, 0.4) is 0 Å². The minimum atomic E-state index is 0.0931. The van der Waals surface area contributed by atoms with Gasteiger partial charge in [-0.15, -0.1) is 5.10 Å². The molecule has 0 N–H and O–H groups in total. The molecule has 2 aromatic carbocycles. The zero-order chi connectivity index (χ0) is 21.2. The predicted octanol–water partition coefficient (Wildman–Crippen LogP) is 2.43. The monoisotopic (exact) mass is 416 g/mol. The van der Waals surface area contributed by atoms with Crippen LogP contribution in [0.1, 0.15) is 39.9 Å². The number of hydrogen-bond acceptors (Lipinski definition) is 5. The number of hydrogen-bond donors (Lipinski definition) is 0. The summed E-state index contributed by atoms with van der Waals surface area (Å²) in [6.07, 6.45) is 6.05. The molecule has 5 rings (SSSR count). The molecule has 1 aliphatic carbocycles. The fourth-order valence-electron chi connectivity index (χ4n) is 4.99. The Bertz CT molecular complexity index is 1010. The summed E-state index contributed by atoms with van der Waals surface area (Å²) < 4.78 is 1.67. The summed E-state index contributed by atoms with van der Waals surface area (Å²) >= 11 is 0. The average molecular weight is 417 g/mol. The van der Waals surface area contributed by atoms with Gasteiger partial charge >= 0.3 is 0 Å². The standard InChI is InChI=1S/C24H28N6O/c1-28(24(31)19-10-8-18(9-11-19)15-30-17-25-26-27-30)22-7-4-12-29(16-22)23-13-20-5-2-3-6-21(20)14-23/h2-3,5-6,8-11,17,22-23H,4,7,12-16H2,1H3/t22-/m1/s1. The van der Waals surface area contributed by atoms with Crippen molar-refractivity contribution in [1.29, 1.82) is 0 Å². The molecule has 0 spiro atoms. The Morgan fingerprint density at radius 3 is 2.52 bits per heavy atom. The van der Waals surface area contributed by atoms with Gasteiger partial charge in [0.2, 0.25) is 0 Å². The third-order valence-corrected chi connectivity index (χ3v) is 6.78. The fraction of sp³-hybridized carbons (Fsp3) is 0.417. The largest absolute Gasteiger partial charge is 0.337 e. The smallest absolute Gasteiger partial charge is 0.253 e. The van der Waals surface area contributed by atoms with E-state index in [1.165, 1.54) is 11.1 Å². The van der Waals surface area contributed by atoms with Crippen LogP contribution in [-0.2, 0) is 19.4 Å². The van der Waals surface area contributed by atoms with Gasteiger partial charge in [-0.2, -0.15) is 0 Å². The second-order valence-corrected chi connectivity index (χ2v) is 8.74. The number of aromatic nitrogens is 4. The highest BCUT2D eigenvalue weighted by Gasteiger charge is 2.33. The first-order valence-electron chi connectivity index (χ1n) is 11.0. The lowest BCUT2D eigenvalue weighted by Gasteiger charge is -2.40. The zero-order valence-electron chi connectivity index (χ0n) is 17.9. The number of rotatable bonds is 5. The minimum absolute atomic E-state index is 0.0931. The highest BCUT2D eigenvalue weighted by atomic mass is 16.2. The summed E-state index contributed by atoms with van der Waals surface area (Å²) in [5.41, 5.74) is 4.77. The Hall–Kier alpha value is -3.06. The molecule has 2 heterocycles. The molecule has 160 valence electrons. The van der Waals surface area contributed by atoms with Crippen molar-refractivity contribution >= 4 is 5.91 Å². The number of tetrazole rings is 1. The fourth-order valence-corrected chi connectivity index (χ4v) is 4.99. The number of piperidine rings is 1. The Kier molecular flexibility index (Phi) is 5.51. The van der Waals surface area contributed by atoms with Gasteiger partial charge in [0, 0.05) is 31.2 Å². The van der Waals surface area contributed by atoms with Crippen LogP contribution in [0.25, 0.3) is 0 Å². The van der Waals surface area contributed by atoms with Gasteiger partial charge in [-0.3, -0.25) is 9.69 Å². The van der Waals surface area contributed by atoms with Crippen LogP contribution in [0, 0.1) is 0 Å². The molecular formula is C24H28N6O. The molecule has 1 aromatic heterocycles. The first-order valence-corrected chi connectivity index (χ1v) is 11.0. The summed E-state index contributed by atoms with van der Waals surface area (Å²) in [5, 5.41) is 11.2. The van der Waals surface area contributed by atoms with E-state index in [4.69, 9.17) is 0 Å². The van der Waals surface area contributed by atoms with Crippen molar-refractivity contribution in [3.05, 3.63) is 77.1 Å². The Labute approximate surface area is 182 Å². The Balaban J connectivity index is 1.21. The summed E-state index contributed by atoms with van der Waals surface area (Å²) in [4.78, 5) is 17.7. The van der Waals surface area contributed by atoms with Gasteiger partial charge in [0.05, 0.1) is 6.54 Å². The van der Waals surface area contributed by atoms with E-state index >= 15 is 0 Å². The van der Waals surface area contributed by atoms with Crippen molar-refractivity contribution in [2.75, 3.05) is 20.1 Å². The normalized spacial score (nSPS) is 19.3. The van der Waals surface area contributed by atoms with Crippen LogP contribution in [0.4, 0.5) is 0 Å². The van der Waals surface area contributed by atoms with Gasteiger partial charge in [-0.1, -0.05) is 36.4 Å². The van der Waals surface area contributed by atoms with Crippen molar-refractivity contribution < 1.29 is 4.79 Å². The number of fused-ring (bicyclic) bond motifs is 1. The van der Waals surface area contributed by atoms with Gasteiger partial charge in [0.15, 0.2) is 0 Å². The van der Waals surface area contributed by atoms with Crippen LogP contribution in [0.15, 0.2) is 54.9 Å². The number of carbonyl (C=O) groups excluding carboxylic acids is 1. The molecule has 3 aromatic rings. The Morgan fingerprint density at radius 1 is 1.10 bits per heavy atom. The van der Waals surface area contributed by atoms with E-state index in [9.17, 15) is 4.79 Å². The van der Waals surface area contributed by atoms with Gasteiger partial charge in [0.1, 0.15) is 6.33 Å². The summed E-state index contributed by atoms with van der Waals surface area (Å²) in [5.74, 6) is 0.0931. The summed E-state index contributed by atoms with van der Waals surface area (Å²) in [7, 11) is 1.95. The molecule has 7 nitrogen and oxygen atoms in total. The highest BCUT2D eigenvalue weighted by Crippen LogP contribution is 2.28. The second kappa shape index (κ2) is 8.59. The lowest BCUT2D eigenvalue weighted by Crippen LogP contribution is -2.51. The highest BCUT2D eigenvalue weighted by molar-refractivity contribution is 5.94. The molecular weight excluding hydrogens is 388 g/mol. The SMILES string of the molecule is CN(C(=O)c1ccc(Cn2cnnn2)cc1)[C@@H]1CCCN(C2Cc3ccccc3C2)C1. The van der Waals surface area contributed by atoms with E-state index in [1.807, 2.05) is 36.2 Å². The predicted molar refractivity (Wildman–Crippen MR) is 118 cm³/mol. The topological polar surface area (TPSA) is 67.2 Å². The lowest BCUT2D eigenvalue weighted by molar-refractivity contribution is 0.0555. The van der Waals surface area contributed by atoms with Gasteiger partial charge in [-0.05, 0) is 71.5 Å². The minimum Gasteiger partial charge on any atom is -0.337 e. The number of carbonyl (C=O) groups is 1. The van der Waals surface area contributed by atoms with Crippen LogP contribution >= 0.6 is 0 Å². The third-order valence-electron chi connectivity index (χ3n) is 6.78. The maximum absolute atomic E-state index is 13.1. The van der Waals surface area contributed by atoms with Gasteiger partial charge in [0.25, 0.3) is 5.91 Å². The van der Waals surface area contributed by atoms with Crippen molar-refractivity contribution in [2.24, 2.45) is 0 Å². The van der Waals surface area contributed by atoms with E-state index in [0.717, 1.165) is 49.9 Å². The third kappa shape index (κ3) is 4.23. The van der Waals surface area contributed by atoms with E-state index in [0.29, 0.717) is 12.6 Å². The maximum Gasteiger partial charge on any atom is 0.253 e. The quantitative estimate of drug-likeness (QED) is 0.639. The van der Waals surface area contributed by atoms with E-state index in [1.54, 1.807) is 11.0 Å². The maximum atomic E-state index is 13.1. The van der Waals surface area contributed by atoms with Crippen LogP contribution in [0.2, 0.25) is 0 Å². The van der Waals surface area contributed by atoms with Gasteiger partial charge in [-0.25, -0.2) is 4.68 Å². The molecule has 0 saturated carbocycles. The Morgan fingerprint density at radius 2 is 1.84 bits per heavy atom. The lowest BCUT2D eigenvalue weighted by atomic mass is 10.0. The van der Waals surface area contributed by atoms with E-state index < -0.39 is 0 Å². The van der Waals surface area contributed by atoms with Gasteiger partial charge < -0.3 is 4.90 Å². The molecule has 31 heavy (non-hydrogen) atoms. The van der Waals surface area contributed by atoms with E-state index in [2.05, 4.69) is 44.7 Å². The molecule has 0 radical (unpaired) electrons. The second-order valence-electron chi connectivity index (χ2n) is 8.74. The first-order chi connectivity index (χ1) is 15.2. The van der Waals surface area contributed by atoms with Crippen molar-refractivity contribution in [3.8, 4) is 0 Å². The molecule has 2 aliphatic rings. The van der Waals surface area contributed by atoms with Crippen molar-refractivity contribution in [2.45, 2.75) is 44.3 Å². The van der Waals surface area contributed by atoms with Crippen LogP contribution < -0.4 is 0 Å². The van der Waals surface area contributed by atoms with Crippen molar-refractivity contribution in [3.63, 3.8) is 0 Å². The average Bonchev–Trinajstić information content (AvgIpc) is 3.48. The number of likely N-dealkylation sites (N-methyl/N-ethyl adjacent to an activating group) is 1. The number of likely N-dealkylation sites (tertiary alicyclic amines) is 1. The van der Waals surface area contributed by atoms with E-state index in [-0.39, 0.29) is 11.9 Å². The van der Waals surface area contributed by atoms with Crippen molar-refractivity contribution in [1.82, 2.24) is 30.0 Å². The van der Waals surface area contributed by atoms with Crippen LogP contribution in [0.5, 0.6) is 0 Å². The number of amides is 1. The zero-order valence-corrected chi connectivity index (χ0v) is 17.9. The molecule has 1 saturated heterocycles. The van der Waals surface area contributed by atoms with Crippen LogP contribution in [-0.4, -0.2) is 68.1 Å². The number of nitrogens with zero attached hydrogens (tertiary/aromatic N) is 6. The molecule has 7 heteroatoms. The molecule has 0 unspecified atom stereocenters. The first kappa shape index (κ1) is 19.9. The molecule has 1 fully saturated rings.